The fourth-order valence-electron chi connectivity index (χ4n) is 1.98. The van der Waals surface area contributed by atoms with Crippen molar-refractivity contribution in [3.05, 3.63) is 12.2 Å². The summed E-state index contributed by atoms with van der Waals surface area (Å²) in [5.74, 6) is -0.307. The van der Waals surface area contributed by atoms with Crippen molar-refractivity contribution in [2.24, 2.45) is 5.41 Å². The summed E-state index contributed by atoms with van der Waals surface area (Å²) in [7, 11) is 0. The highest BCUT2D eigenvalue weighted by Crippen LogP contribution is 2.40. The van der Waals surface area contributed by atoms with Crippen LogP contribution in [0.25, 0.3) is 0 Å². The molecular weight excluding hydrogens is 176 g/mol. The Morgan fingerprint density at radius 2 is 1.57 bits per heavy atom. The van der Waals surface area contributed by atoms with Gasteiger partial charge in [-0.25, -0.2) is 0 Å². The Bertz CT molecular complexity index is 221. The summed E-state index contributed by atoms with van der Waals surface area (Å²) in [5.41, 5.74) is 1.26. The molecule has 1 saturated carbocycles. The maximum Gasteiger partial charge on any atom is 0.168 e. The van der Waals surface area contributed by atoms with Crippen LogP contribution in [-0.4, -0.2) is 19.0 Å². The molecule has 2 nitrogen and oxygen atoms in total. The first kappa shape index (κ1) is 10.2. The van der Waals surface area contributed by atoms with E-state index in [4.69, 9.17) is 16.1 Å². The molecule has 0 atom stereocenters. The average Bonchev–Trinajstić information content (AvgIpc) is 2.16. The van der Waals surface area contributed by atoms with Crippen molar-refractivity contribution >= 4 is 0 Å². The zero-order chi connectivity index (χ0) is 10.2. The van der Waals surface area contributed by atoms with E-state index in [1.165, 1.54) is 0 Å². The Morgan fingerprint density at radius 3 is 2.07 bits per heavy atom. The fraction of sp³-hybridized carbons (Fsp3) is 0.833. The van der Waals surface area contributed by atoms with Crippen molar-refractivity contribution in [3.8, 4) is 0 Å². The molecule has 0 N–H and O–H groups in total. The Hall–Kier alpha value is -0.340. The molecule has 0 aromatic rings. The van der Waals surface area contributed by atoms with Gasteiger partial charge in [0.05, 0.1) is 13.2 Å². The first-order chi connectivity index (χ1) is 6.52. The van der Waals surface area contributed by atoms with E-state index in [9.17, 15) is 0 Å². The number of hydrogen-bond acceptors (Lipinski definition) is 2. The standard InChI is InChI=1S/C12H19O2/c1-10-4-6-12(7-5-10)13-8-11(2,3)9-14-12/h1H,4-9H2,2-3H3. The van der Waals surface area contributed by atoms with E-state index in [2.05, 4.69) is 13.8 Å². The van der Waals surface area contributed by atoms with E-state index in [1.807, 2.05) is 0 Å². The van der Waals surface area contributed by atoms with Gasteiger partial charge in [-0.15, -0.1) is 0 Å². The largest absolute Gasteiger partial charge is 0.349 e. The van der Waals surface area contributed by atoms with E-state index in [-0.39, 0.29) is 11.2 Å². The lowest BCUT2D eigenvalue weighted by Crippen LogP contribution is -2.48. The third-order valence-corrected chi connectivity index (χ3v) is 3.11. The molecule has 0 aromatic carbocycles. The molecule has 0 aromatic heterocycles. The lowest BCUT2D eigenvalue weighted by atomic mass is 9.87. The van der Waals surface area contributed by atoms with Crippen molar-refractivity contribution in [1.82, 2.24) is 0 Å². The lowest BCUT2D eigenvalue weighted by Gasteiger charge is -2.45. The quantitative estimate of drug-likeness (QED) is 0.591. The summed E-state index contributed by atoms with van der Waals surface area (Å²) in [4.78, 5) is 0. The Balaban J connectivity index is 1.96. The van der Waals surface area contributed by atoms with Gasteiger partial charge < -0.3 is 9.47 Å². The summed E-state index contributed by atoms with van der Waals surface area (Å²) < 4.78 is 11.8. The minimum absolute atomic E-state index is 0.165. The maximum atomic E-state index is 5.88. The zero-order valence-electron chi connectivity index (χ0n) is 9.14. The fourth-order valence-corrected chi connectivity index (χ4v) is 1.98. The second kappa shape index (κ2) is 3.35. The molecule has 1 spiro atoms. The molecule has 1 saturated heterocycles. The molecule has 0 amide bonds. The first-order valence-electron chi connectivity index (χ1n) is 5.40. The van der Waals surface area contributed by atoms with Gasteiger partial charge in [-0.1, -0.05) is 26.0 Å². The Kier molecular flexibility index (Phi) is 2.44. The maximum absolute atomic E-state index is 5.88. The number of rotatable bonds is 0. The topological polar surface area (TPSA) is 18.5 Å². The summed E-state index contributed by atoms with van der Waals surface area (Å²) in [6, 6.07) is 0. The third-order valence-electron chi connectivity index (χ3n) is 3.11. The van der Waals surface area contributed by atoms with Crippen molar-refractivity contribution < 1.29 is 9.47 Å². The van der Waals surface area contributed by atoms with Gasteiger partial charge in [0.1, 0.15) is 0 Å². The molecule has 2 rings (SSSR count). The van der Waals surface area contributed by atoms with Crippen molar-refractivity contribution in [1.29, 1.82) is 0 Å². The van der Waals surface area contributed by atoms with E-state index in [0.717, 1.165) is 44.5 Å². The molecule has 1 aliphatic carbocycles. The highest BCUT2D eigenvalue weighted by Gasteiger charge is 2.41. The van der Waals surface area contributed by atoms with E-state index < -0.39 is 0 Å². The molecule has 14 heavy (non-hydrogen) atoms. The van der Waals surface area contributed by atoms with Crippen LogP contribution in [0.15, 0.2) is 5.57 Å². The third kappa shape index (κ3) is 2.01. The second-order valence-corrected chi connectivity index (χ2v) is 5.31. The smallest absolute Gasteiger partial charge is 0.168 e. The van der Waals surface area contributed by atoms with Crippen LogP contribution in [0.5, 0.6) is 0 Å². The summed E-state index contributed by atoms with van der Waals surface area (Å²) in [6.45, 7) is 11.7. The van der Waals surface area contributed by atoms with E-state index in [1.54, 1.807) is 0 Å². The van der Waals surface area contributed by atoms with Gasteiger partial charge in [-0.3, -0.25) is 0 Å². The van der Waals surface area contributed by atoms with Crippen LogP contribution in [0.3, 0.4) is 0 Å². The van der Waals surface area contributed by atoms with E-state index >= 15 is 0 Å². The second-order valence-electron chi connectivity index (χ2n) is 5.31. The minimum Gasteiger partial charge on any atom is -0.349 e. The van der Waals surface area contributed by atoms with Crippen LogP contribution in [0, 0.1) is 12.0 Å². The van der Waals surface area contributed by atoms with E-state index in [0.29, 0.717) is 0 Å². The van der Waals surface area contributed by atoms with Crippen LogP contribution in [0.1, 0.15) is 39.5 Å². The van der Waals surface area contributed by atoms with Crippen molar-refractivity contribution in [3.63, 3.8) is 0 Å². The number of allylic oxidation sites excluding steroid dienone is 1. The normalized spacial score (nSPS) is 30.6. The van der Waals surface area contributed by atoms with Gasteiger partial charge >= 0.3 is 0 Å². The Morgan fingerprint density at radius 1 is 1.07 bits per heavy atom. The molecule has 79 valence electrons. The monoisotopic (exact) mass is 195 g/mol. The van der Waals surface area contributed by atoms with Gasteiger partial charge in [0.15, 0.2) is 5.79 Å². The summed E-state index contributed by atoms with van der Waals surface area (Å²) in [6.07, 6.45) is 3.74. The molecule has 2 aliphatic rings. The molecule has 0 unspecified atom stereocenters. The summed E-state index contributed by atoms with van der Waals surface area (Å²) in [5, 5.41) is 0. The van der Waals surface area contributed by atoms with Crippen LogP contribution in [-0.2, 0) is 9.47 Å². The Labute approximate surface area is 86.3 Å². The predicted octanol–water partition coefficient (Wildman–Crippen LogP) is 2.69. The predicted molar refractivity (Wildman–Crippen MR) is 54.7 cm³/mol. The minimum atomic E-state index is -0.307. The van der Waals surface area contributed by atoms with Crippen molar-refractivity contribution in [2.45, 2.75) is 45.3 Å². The average molecular weight is 195 g/mol. The van der Waals surface area contributed by atoms with Crippen LogP contribution in [0.4, 0.5) is 0 Å². The van der Waals surface area contributed by atoms with Gasteiger partial charge in [-0.05, 0) is 12.8 Å². The number of hydrogen-bond donors (Lipinski definition) is 0. The molecule has 1 heterocycles. The van der Waals surface area contributed by atoms with Gasteiger partial charge in [0.25, 0.3) is 0 Å². The molecule has 2 fully saturated rings. The first-order valence-corrected chi connectivity index (χ1v) is 5.40. The molecule has 1 aliphatic heterocycles. The van der Waals surface area contributed by atoms with Gasteiger partial charge in [0.2, 0.25) is 0 Å². The highest BCUT2D eigenvalue weighted by molar-refractivity contribution is 5.00. The zero-order valence-corrected chi connectivity index (χ0v) is 9.14. The number of ether oxygens (including phenoxy) is 2. The van der Waals surface area contributed by atoms with Crippen LogP contribution in [0.2, 0.25) is 0 Å². The van der Waals surface area contributed by atoms with Gasteiger partial charge in [0, 0.05) is 18.3 Å². The van der Waals surface area contributed by atoms with Crippen LogP contribution < -0.4 is 0 Å². The van der Waals surface area contributed by atoms with Crippen LogP contribution >= 0.6 is 0 Å². The highest BCUT2D eigenvalue weighted by atomic mass is 16.7. The lowest BCUT2D eigenvalue weighted by molar-refractivity contribution is -0.307. The molecule has 2 heteroatoms. The molecule has 0 bridgehead atoms. The summed E-state index contributed by atoms with van der Waals surface area (Å²) >= 11 is 0. The molecular formula is C12H19O2. The SMILES string of the molecule is [CH]=C1CCC2(CC1)OCC(C)(C)CO2. The van der Waals surface area contributed by atoms with Crippen molar-refractivity contribution in [2.75, 3.05) is 13.2 Å². The van der Waals surface area contributed by atoms with Gasteiger partial charge in [-0.2, -0.15) is 0 Å². The molecule has 1 radical (unpaired) electrons.